The smallest absolute Gasteiger partial charge is 0.222 e. The number of carbonyl (C=O) groups is 1. The maximum atomic E-state index is 13.1. The molecule has 0 radical (unpaired) electrons. The van der Waals surface area contributed by atoms with Crippen LogP contribution in [0.3, 0.4) is 0 Å². The summed E-state index contributed by atoms with van der Waals surface area (Å²) >= 11 is 0. The first-order valence-corrected chi connectivity index (χ1v) is 12.0. The van der Waals surface area contributed by atoms with Crippen LogP contribution in [-0.2, 0) is 17.6 Å². The van der Waals surface area contributed by atoms with Crippen molar-refractivity contribution in [1.82, 2.24) is 15.4 Å². The number of benzene rings is 1. The van der Waals surface area contributed by atoms with Crippen molar-refractivity contribution in [3.8, 4) is 0 Å². The van der Waals surface area contributed by atoms with Gasteiger partial charge in [0.15, 0.2) is 0 Å². The van der Waals surface area contributed by atoms with Gasteiger partial charge in [-0.1, -0.05) is 36.7 Å². The molecule has 2 fully saturated rings. The normalized spacial score (nSPS) is 22.0. The monoisotopic (exact) mass is 424 g/mol. The van der Waals surface area contributed by atoms with E-state index in [1.165, 1.54) is 5.69 Å². The summed E-state index contributed by atoms with van der Waals surface area (Å²) in [4.78, 5) is 17.5. The molecule has 2 aromatic rings. The quantitative estimate of drug-likeness (QED) is 0.703. The van der Waals surface area contributed by atoms with Gasteiger partial charge in [0.05, 0.1) is 5.69 Å². The molecule has 1 aromatic heterocycles. The lowest BCUT2D eigenvalue weighted by atomic mass is 9.81. The van der Waals surface area contributed by atoms with Crippen LogP contribution in [0.25, 0.3) is 0 Å². The standard InChI is InChI=1S/C25H36N4O2/c1-2-3-9-24-18-22(27-31-24)16-21-19-26-11-10-20(21)17-25(30)29-14-12-28(13-15-29)23-7-5-4-6-8-23/h4-8,18,20-21,26H,2-3,9-17,19H2,1H3/t20-,21-/m0/s1. The van der Waals surface area contributed by atoms with Gasteiger partial charge in [-0.2, -0.15) is 0 Å². The molecule has 0 spiro atoms. The van der Waals surface area contributed by atoms with Crippen LogP contribution in [0, 0.1) is 11.8 Å². The van der Waals surface area contributed by atoms with Crippen LogP contribution in [0.4, 0.5) is 5.69 Å². The molecule has 2 aliphatic rings. The van der Waals surface area contributed by atoms with Crippen LogP contribution in [0.5, 0.6) is 0 Å². The van der Waals surface area contributed by atoms with E-state index in [1.54, 1.807) is 0 Å². The van der Waals surface area contributed by atoms with E-state index in [2.05, 4.69) is 57.5 Å². The van der Waals surface area contributed by atoms with Crippen LogP contribution >= 0.6 is 0 Å². The fourth-order valence-corrected chi connectivity index (χ4v) is 4.88. The Balaban J connectivity index is 1.29. The Morgan fingerprint density at radius 2 is 1.97 bits per heavy atom. The predicted octanol–water partition coefficient (Wildman–Crippen LogP) is 3.52. The first-order valence-electron chi connectivity index (χ1n) is 12.0. The molecule has 0 aliphatic carbocycles. The van der Waals surface area contributed by atoms with Crippen molar-refractivity contribution in [2.75, 3.05) is 44.2 Å². The molecule has 1 amide bonds. The highest BCUT2D eigenvalue weighted by molar-refractivity contribution is 5.77. The van der Waals surface area contributed by atoms with E-state index in [1.807, 2.05) is 6.07 Å². The highest BCUT2D eigenvalue weighted by Gasteiger charge is 2.30. The lowest BCUT2D eigenvalue weighted by molar-refractivity contribution is -0.133. The molecule has 6 heteroatoms. The Bertz CT molecular complexity index is 814. The Morgan fingerprint density at radius 3 is 2.74 bits per heavy atom. The number of carbonyl (C=O) groups excluding carboxylic acids is 1. The average molecular weight is 425 g/mol. The lowest BCUT2D eigenvalue weighted by Crippen LogP contribution is -2.50. The van der Waals surface area contributed by atoms with Gasteiger partial charge in [-0.15, -0.1) is 0 Å². The van der Waals surface area contributed by atoms with Gasteiger partial charge in [0, 0.05) is 50.8 Å². The number of aromatic nitrogens is 1. The predicted molar refractivity (Wildman–Crippen MR) is 123 cm³/mol. The lowest BCUT2D eigenvalue weighted by Gasteiger charge is -2.38. The molecule has 2 atom stereocenters. The maximum absolute atomic E-state index is 13.1. The minimum Gasteiger partial charge on any atom is -0.368 e. The van der Waals surface area contributed by atoms with Crippen molar-refractivity contribution in [3.63, 3.8) is 0 Å². The van der Waals surface area contributed by atoms with Gasteiger partial charge in [0.1, 0.15) is 5.76 Å². The third-order valence-electron chi connectivity index (χ3n) is 6.81. The van der Waals surface area contributed by atoms with Crippen molar-refractivity contribution >= 4 is 11.6 Å². The second-order valence-corrected chi connectivity index (χ2v) is 9.01. The zero-order chi connectivity index (χ0) is 21.5. The Morgan fingerprint density at radius 1 is 1.16 bits per heavy atom. The number of piperazine rings is 1. The van der Waals surface area contributed by atoms with Crippen molar-refractivity contribution in [2.45, 2.75) is 45.4 Å². The Hall–Kier alpha value is -2.34. The second-order valence-electron chi connectivity index (χ2n) is 9.01. The molecule has 0 unspecified atom stereocenters. The summed E-state index contributed by atoms with van der Waals surface area (Å²) in [5.41, 5.74) is 2.28. The molecule has 31 heavy (non-hydrogen) atoms. The van der Waals surface area contributed by atoms with E-state index < -0.39 is 0 Å². The molecule has 0 bridgehead atoms. The van der Waals surface area contributed by atoms with Crippen molar-refractivity contribution < 1.29 is 9.32 Å². The molecule has 168 valence electrons. The molecule has 2 aliphatic heterocycles. The summed E-state index contributed by atoms with van der Waals surface area (Å²) in [6, 6.07) is 12.6. The number of nitrogens with one attached hydrogen (secondary N) is 1. The van der Waals surface area contributed by atoms with Crippen LogP contribution < -0.4 is 10.2 Å². The average Bonchev–Trinajstić information content (AvgIpc) is 3.27. The molecule has 2 saturated heterocycles. The van der Waals surface area contributed by atoms with Gasteiger partial charge in [-0.3, -0.25) is 4.79 Å². The van der Waals surface area contributed by atoms with Crippen molar-refractivity contribution in [3.05, 3.63) is 47.9 Å². The van der Waals surface area contributed by atoms with Gasteiger partial charge in [-0.05, 0) is 56.3 Å². The zero-order valence-electron chi connectivity index (χ0n) is 18.8. The molecule has 6 nitrogen and oxygen atoms in total. The number of nitrogens with zero attached hydrogens (tertiary/aromatic N) is 3. The summed E-state index contributed by atoms with van der Waals surface area (Å²) in [7, 11) is 0. The van der Waals surface area contributed by atoms with E-state index in [9.17, 15) is 4.79 Å². The number of piperidine rings is 1. The highest BCUT2D eigenvalue weighted by atomic mass is 16.5. The number of para-hydroxylation sites is 1. The van der Waals surface area contributed by atoms with Crippen LogP contribution in [0.1, 0.15) is 44.1 Å². The van der Waals surface area contributed by atoms with Gasteiger partial charge in [-0.25, -0.2) is 0 Å². The third-order valence-corrected chi connectivity index (χ3v) is 6.81. The zero-order valence-corrected chi connectivity index (χ0v) is 18.8. The first kappa shape index (κ1) is 21.9. The molecule has 3 heterocycles. The van der Waals surface area contributed by atoms with Gasteiger partial charge in [0.25, 0.3) is 0 Å². The molecular formula is C25H36N4O2. The van der Waals surface area contributed by atoms with E-state index >= 15 is 0 Å². The number of amides is 1. The van der Waals surface area contributed by atoms with E-state index in [4.69, 9.17) is 4.52 Å². The highest BCUT2D eigenvalue weighted by Crippen LogP contribution is 2.27. The minimum absolute atomic E-state index is 0.313. The summed E-state index contributed by atoms with van der Waals surface area (Å²) in [6.45, 7) is 7.58. The van der Waals surface area contributed by atoms with E-state index in [-0.39, 0.29) is 0 Å². The van der Waals surface area contributed by atoms with Gasteiger partial charge >= 0.3 is 0 Å². The van der Waals surface area contributed by atoms with Gasteiger partial charge in [0.2, 0.25) is 5.91 Å². The van der Waals surface area contributed by atoms with E-state index in [0.717, 1.165) is 82.8 Å². The maximum Gasteiger partial charge on any atom is 0.222 e. The molecule has 4 rings (SSSR count). The molecular weight excluding hydrogens is 388 g/mol. The molecule has 0 saturated carbocycles. The SMILES string of the molecule is CCCCc1cc(C[C@H]2CNCC[C@H]2CC(=O)N2CCN(c3ccccc3)CC2)no1. The number of unbranched alkanes of at least 4 members (excludes halogenated alkanes) is 1. The summed E-state index contributed by atoms with van der Waals surface area (Å²) in [5, 5.41) is 7.81. The van der Waals surface area contributed by atoms with Crippen LogP contribution in [0.2, 0.25) is 0 Å². The van der Waals surface area contributed by atoms with Crippen molar-refractivity contribution in [2.24, 2.45) is 11.8 Å². The Kier molecular flexibility index (Phi) is 7.62. The van der Waals surface area contributed by atoms with E-state index in [0.29, 0.717) is 24.2 Å². The van der Waals surface area contributed by atoms with Crippen LogP contribution in [0.15, 0.2) is 40.9 Å². The third kappa shape index (κ3) is 5.88. The fourth-order valence-electron chi connectivity index (χ4n) is 4.88. The number of anilines is 1. The number of rotatable bonds is 8. The molecule has 1 aromatic carbocycles. The fraction of sp³-hybridized carbons (Fsp3) is 0.600. The van der Waals surface area contributed by atoms with Crippen molar-refractivity contribution in [1.29, 1.82) is 0 Å². The number of aryl methyl sites for hydroxylation is 1. The number of hydrogen-bond acceptors (Lipinski definition) is 5. The number of hydrogen-bond donors (Lipinski definition) is 1. The van der Waals surface area contributed by atoms with Gasteiger partial charge < -0.3 is 19.6 Å². The topological polar surface area (TPSA) is 61.6 Å². The summed E-state index contributed by atoms with van der Waals surface area (Å²) in [6.07, 6.45) is 5.85. The second kappa shape index (κ2) is 10.8. The van der Waals surface area contributed by atoms with Crippen LogP contribution in [-0.4, -0.2) is 55.2 Å². The first-order chi connectivity index (χ1) is 15.2. The summed E-state index contributed by atoms with van der Waals surface area (Å²) in [5.74, 6) is 2.15. The summed E-state index contributed by atoms with van der Waals surface area (Å²) < 4.78 is 5.52. The Labute approximate surface area is 186 Å². The largest absolute Gasteiger partial charge is 0.368 e. The minimum atomic E-state index is 0.313. The molecule has 1 N–H and O–H groups in total.